The lowest BCUT2D eigenvalue weighted by atomic mass is 10.1. The highest BCUT2D eigenvalue weighted by molar-refractivity contribution is 7.89. The SMILES string of the molecule is CCCN(CCC)S(=O)(=O)c1ccc(C)c(CCl)c1. The van der Waals surface area contributed by atoms with Gasteiger partial charge in [-0.2, -0.15) is 4.31 Å². The molecule has 0 aliphatic rings. The normalized spacial score (nSPS) is 12.1. The topological polar surface area (TPSA) is 37.4 Å². The summed E-state index contributed by atoms with van der Waals surface area (Å²) in [4.78, 5) is 0.343. The van der Waals surface area contributed by atoms with E-state index in [-0.39, 0.29) is 0 Å². The molecular weight excluding hydrogens is 282 g/mol. The van der Waals surface area contributed by atoms with E-state index < -0.39 is 10.0 Å². The van der Waals surface area contributed by atoms with Gasteiger partial charge in [0.1, 0.15) is 0 Å². The van der Waals surface area contributed by atoms with E-state index in [0.29, 0.717) is 23.9 Å². The molecule has 19 heavy (non-hydrogen) atoms. The van der Waals surface area contributed by atoms with Crippen molar-refractivity contribution in [1.29, 1.82) is 0 Å². The van der Waals surface area contributed by atoms with E-state index in [1.807, 2.05) is 26.8 Å². The van der Waals surface area contributed by atoms with Crippen molar-refractivity contribution in [1.82, 2.24) is 4.31 Å². The van der Waals surface area contributed by atoms with Gasteiger partial charge in [0.05, 0.1) is 4.90 Å². The molecule has 0 aromatic heterocycles. The summed E-state index contributed by atoms with van der Waals surface area (Å²) in [6.07, 6.45) is 1.63. The van der Waals surface area contributed by atoms with Crippen LogP contribution in [0.25, 0.3) is 0 Å². The second-order valence-corrected chi connectivity index (χ2v) is 6.83. The average molecular weight is 304 g/mol. The van der Waals surface area contributed by atoms with E-state index >= 15 is 0 Å². The Morgan fingerprint density at radius 3 is 2.21 bits per heavy atom. The van der Waals surface area contributed by atoms with Crippen LogP contribution in [-0.2, 0) is 15.9 Å². The molecule has 0 aliphatic heterocycles. The molecule has 0 saturated carbocycles. The first-order valence-corrected chi connectivity index (χ1v) is 8.60. The van der Waals surface area contributed by atoms with Crippen molar-refractivity contribution in [2.24, 2.45) is 0 Å². The van der Waals surface area contributed by atoms with E-state index in [1.165, 1.54) is 0 Å². The van der Waals surface area contributed by atoms with Gasteiger partial charge in [-0.3, -0.25) is 0 Å². The maximum atomic E-state index is 12.6. The van der Waals surface area contributed by atoms with Crippen LogP contribution in [-0.4, -0.2) is 25.8 Å². The van der Waals surface area contributed by atoms with Gasteiger partial charge in [-0.25, -0.2) is 8.42 Å². The first kappa shape index (κ1) is 16.5. The molecule has 0 amide bonds. The lowest BCUT2D eigenvalue weighted by molar-refractivity contribution is 0.410. The summed E-state index contributed by atoms with van der Waals surface area (Å²) in [7, 11) is -3.40. The monoisotopic (exact) mass is 303 g/mol. The molecule has 0 spiro atoms. The van der Waals surface area contributed by atoms with Crippen LogP contribution < -0.4 is 0 Å². The number of rotatable bonds is 7. The highest BCUT2D eigenvalue weighted by atomic mass is 35.5. The fourth-order valence-corrected chi connectivity index (χ4v) is 3.92. The Hall–Kier alpha value is -0.580. The number of benzene rings is 1. The van der Waals surface area contributed by atoms with Crippen molar-refractivity contribution in [3.05, 3.63) is 29.3 Å². The average Bonchev–Trinajstić information content (AvgIpc) is 2.38. The molecule has 1 aromatic rings. The number of halogens is 1. The molecule has 0 unspecified atom stereocenters. The zero-order valence-electron chi connectivity index (χ0n) is 11.8. The lowest BCUT2D eigenvalue weighted by Crippen LogP contribution is -2.32. The number of sulfonamides is 1. The maximum absolute atomic E-state index is 12.6. The quantitative estimate of drug-likeness (QED) is 0.722. The largest absolute Gasteiger partial charge is 0.243 e. The number of nitrogens with zero attached hydrogens (tertiary/aromatic N) is 1. The number of aryl methyl sites for hydroxylation is 1. The van der Waals surface area contributed by atoms with Crippen molar-refractivity contribution in [2.45, 2.75) is 44.4 Å². The Kier molecular flexibility index (Phi) is 6.30. The Morgan fingerprint density at radius 1 is 1.16 bits per heavy atom. The van der Waals surface area contributed by atoms with Crippen molar-refractivity contribution in [2.75, 3.05) is 13.1 Å². The predicted octanol–water partition coefficient (Wildman–Crippen LogP) is 3.54. The standard InChI is InChI=1S/C14H22ClNO2S/c1-4-8-16(9-5-2)19(17,18)14-7-6-12(3)13(10-14)11-15/h6-7,10H,4-5,8-9,11H2,1-3H3. The zero-order valence-corrected chi connectivity index (χ0v) is 13.4. The van der Waals surface area contributed by atoms with Gasteiger partial charge in [0.15, 0.2) is 0 Å². The van der Waals surface area contributed by atoms with Gasteiger partial charge in [-0.05, 0) is 43.0 Å². The fraction of sp³-hybridized carbons (Fsp3) is 0.571. The van der Waals surface area contributed by atoms with Crippen molar-refractivity contribution in [3.8, 4) is 0 Å². The lowest BCUT2D eigenvalue weighted by Gasteiger charge is -2.21. The molecule has 0 aliphatic carbocycles. The molecule has 0 bridgehead atoms. The summed E-state index contributed by atoms with van der Waals surface area (Å²) in [5.41, 5.74) is 1.89. The first-order valence-electron chi connectivity index (χ1n) is 6.63. The second-order valence-electron chi connectivity index (χ2n) is 4.63. The fourth-order valence-electron chi connectivity index (χ4n) is 1.95. The minimum absolute atomic E-state index is 0.330. The van der Waals surface area contributed by atoms with Crippen molar-refractivity contribution >= 4 is 21.6 Å². The molecule has 0 radical (unpaired) electrons. The molecular formula is C14H22ClNO2S. The minimum atomic E-state index is -3.40. The highest BCUT2D eigenvalue weighted by Gasteiger charge is 2.23. The Balaban J connectivity index is 3.17. The third-order valence-electron chi connectivity index (χ3n) is 3.05. The van der Waals surface area contributed by atoms with Crippen LogP contribution in [0, 0.1) is 6.92 Å². The van der Waals surface area contributed by atoms with E-state index in [0.717, 1.165) is 24.0 Å². The zero-order chi connectivity index (χ0) is 14.5. The first-order chi connectivity index (χ1) is 8.97. The van der Waals surface area contributed by atoms with Gasteiger partial charge in [-0.15, -0.1) is 11.6 Å². The van der Waals surface area contributed by atoms with Crippen LogP contribution in [0.15, 0.2) is 23.1 Å². The molecule has 5 heteroatoms. The molecule has 0 atom stereocenters. The Labute approximate surface area is 121 Å². The van der Waals surface area contributed by atoms with Gasteiger partial charge in [0.2, 0.25) is 10.0 Å². The van der Waals surface area contributed by atoms with E-state index in [2.05, 4.69) is 0 Å². The van der Waals surface area contributed by atoms with Crippen LogP contribution in [0.1, 0.15) is 37.8 Å². The van der Waals surface area contributed by atoms with Crippen LogP contribution in [0.4, 0.5) is 0 Å². The van der Waals surface area contributed by atoms with Crippen LogP contribution in [0.2, 0.25) is 0 Å². The van der Waals surface area contributed by atoms with Gasteiger partial charge < -0.3 is 0 Å². The molecule has 108 valence electrons. The second kappa shape index (κ2) is 7.27. The van der Waals surface area contributed by atoms with Crippen LogP contribution in [0.3, 0.4) is 0 Å². The predicted molar refractivity (Wildman–Crippen MR) is 80.1 cm³/mol. The molecule has 1 rings (SSSR count). The Morgan fingerprint density at radius 2 is 1.74 bits per heavy atom. The number of hydrogen-bond donors (Lipinski definition) is 0. The molecule has 0 heterocycles. The Bertz CT molecular complexity index is 508. The van der Waals surface area contributed by atoms with E-state index in [1.54, 1.807) is 16.4 Å². The molecule has 1 aromatic carbocycles. The summed E-state index contributed by atoms with van der Waals surface area (Å²) in [6, 6.07) is 5.18. The summed E-state index contributed by atoms with van der Waals surface area (Å²) in [5.74, 6) is 0.330. The van der Waals surface area contributed by atoms with Crippen LogP contribution >= 0.6 is 11.6 Å². The van der Waals surface area contributed by atoms with E-state index in [9.17, 15) is 8.42 Å². The van der Waals surface area contributed by atoms with Crippen LogP contribution in [0.5, 0.6) is 0 Å². The highest BCUT2D eigenvalue weighted by Crippen LogP contribution is 2.21. The van der Waals surface area contributed by atoms with Gasteiger partial charge >= 0.3 is 0 Å². The van der Waals surface area contributed by atoms with Crippen molar-refractivity contribution < 1.29 is 8.42 Å². The smallest absolute Gasteiger partial charge is 0.207 e. The third kappa shape index (κ3) is 3.94. The molecule has 0 fully saturated rings. The summed E-state index contributed by atoms with van der Waals surface area (Å²) >= 11 is 5.85. The van der Waals surface area contributed by atoms with Gasteiger partial charge in [-0.1, -0.05) is 19.9 Å². The van der Waals surface area contributed by atoms with Gasteiger partial charge in [0.25, 0.3) is 0 Å². The molecule has 3 nitrogen and oxygen atoms in total. The molecule has 0 N–H and O–H groups in total. The summed E-state index contributed by atoms with van der Waals surface area (Å²) in [6.45, 7) is 7.01. The minimum Gasteiger partial charge on any atom is -0.207 e. The summed E-state index contributed by atoms with van der Waals surface area (Å²) in [5, 5.41) is 0. The molecule has 0 saturated heterocycles. The number of hydrogen-bond acceptors (Lipinski definition) is 2. The van der Waals surface area contributed by atoms with Gasteiger partial charge in [0, 0.05) is 19.0 Å². The maximum Gasteiger partial charge on any atom is 0.243 e. The number of alkyl halides is 1. The van der Waals surface area contributed by atoms with E-state index in [4.69, 9.17) is 11.6 Å². The van der Waals surface area contributed by atoms with Crippen molar-refractivity contribution in [3.63, 3.8) is 0 Å². The third-order valence-corrected chi connectivity index (χ3v) is 5.23. The summed E-state index contributed by atoms with van der Waals surface area (Å²) < 4.78 is 26.7.